The van der Waals surface area contributed by atoms with Crippen LogP contribution in [-0.2, 0) is 9.47 Å². The van der Waals surface area contributed by atoms with E-state index in [1.54, 1.807) is 0 Å². The van der Waals surface area contributed by atoms with Crippen LogP contribution in [0.1, 0.15) is 39.5 Å². The molecule has 0 bridgehead atoms. The van der Waals surface area contributed by atoms with E-state index < -0.39 is 6.16 Å². The minimum atomic E-state index is -0.795. The first-order chi connectivity index (χ1) is 11.5. The summed E-state index contributed by atoms with van der Waals surface area (Å²) in [6.45, 7) is 3.90. The Morgan fingerprint density at radius 3 is 1.50 bits per heavy atom. The smallest absolute Gasteiger partial charge is 0.434 e. The minimum Gasteiger partial charge on any atom is -0.434 e. The third kappa shape index (κ3) is 10.0. The van der Waals surface area contributed by atoms with Gasteiger partial charge in [-0.2, -0.15) is 21.0 Å². The van der Waals surface area contributed by atoms with Crippen molar-refractivity contribution in [1.82, 2.24) is 0 Å². The van der Waals surface area contributed by atoms with E-state index in [2.05, 4.69) is 12.1 Å². The molecule has 0 heterocycles. The predicted octanol–water partition coefficient (Wildman–Crippen LogP) is 3.30. The molecule has 0 aromatic heterocycles. The molecule has 0 saturated heterocycles. The van der Waals surface area contributed by atoms with Crippen molar-refractivity contribution < 1.29 is 14.3 Å². The average Bonchev–Trinajstić information content (AvgIpc) is 2.57. The number of carbonyl (C=O) groups is 1. The first-order valence-corrected chi connectivity index (χ1v) is 7.79. The zero-order valence-electron chi connectivity index (χ0n) is 14.1. The van der Waals surface area contributed by atoms with Crippen LogP contribution < -0.4 is 0 Å². The molecule has 4 unspecified atom stereocenters. The normalized spacial score (nSPS) is 14.6. The van der Waals surface area contributed by atoms with Gasteiger partial charge in [0.15, 0.2) is 0 Å². The van der Waals surface area contributed by atoms with Gasteiger partial charge in [-0.05, 0) is 24.7 Å². The summed E-state index contributed by atoms with van der Waals surface area (Å²) in [6, 6.07) is 8.01. The summed E-state index contributed by atoms with van der Waals surface area (Å²) in [5.41, 5.74) is 0. The van der Waals surface area contributed by atoms with Crippen LogP contribution in [0.25, 0.3) is 0 Å². The van der Waals surface area contributed by atoms with E-state index >= 15 is 0 Å². The van der Waals surface area contributed by atoms with Crippen LogP contribution in [0, 0.1) is 69.0 Å². The highest BCUT2D eigenvalue weighted by atomic mass is 16.7. The Balaban J connectivity index is 4.02. The zero-order valence-corrected chi connectivity index (χ0v) is 14.1. The van der Waals surface area contributed by atoms with Crippen molar-refractivity contribution in [3.63, 3.8) is 0 Å². The Hall–Kier alpha value is -2.77. The van der Waals surface area contributed by atoms with Gasteiger partial charge in [0.1, 0.15) is 0 Å². The quantitative estimate of drug-likeness (QED) is 0.561. The Kier molecular flexibility index (Phi) is 11.3. The molecule has 0 aliphatic heterocycles. The fourth-order valence-electron chi connectivity index (χ4n) is 2.15. The van der Waals surface area contributed by atoms with Crippen molar-refractivity contribution in [3.05, 3.63) is 0 Å². The Morgan fingerprint density at radius 1 is 0.833 bits per heavy atom. The number of nitrogens with zero attached hydrogens (tertiary/aromatic N) is 4. The highest BCUT2D eigenvalue weighted by Gasteiger charge is 2.17. The molecule has 7 nitrogen and oxygen atoms in total. The van der Waals surface area contributed by atoms with Crippen molar-refractivity contribution in [2.45, 2.75) is 39.5 Å². The highest BCUT2D eigenvalue weighted by Crippen LogP contribution is 2.16. The third-order valence-electron chi connectivity index (χ3n) is 3.39. The number of ether oxygens (including phenoxy) is 2. The molecule has 0 saturated carbocycles. The van der Waals surface area contributed by atoms with Gasteiger partial charge in [-0.15, -0.1) is 0 Å². The van der Waals surface area contributed by atoms with Crippen LogP contribution in [0.5, 0.6) is 0 Å². The Bertz CT molecular complexity index is 502. The second kappa shape index (κ2) is 12.7. The molecule has 0 rings (SSSR count). The number of carbonyl (C=O) groups excluding carboxylic acids is 1. The molecule has 24 heavy (non-hydrogen) atoms. The minimum absolute atomic E-state index is 0.0495. The fraction of sp³-hybridized carbons (Fsp3) is 0.706. The number of hydrogen-bond acceptors (Lipinski definition) is 7. The predicted molar refractivity (Wildman–Crippen MR) is 83.5 cm³/mol. The van der Waals surface area contributed by atoms with Gasteiger partial charge >= 0.3 is 6.16 Å². The van der Waals surface area contributed by atoms with E-state index in [1.807, 2.05) is 26.0 Å². The van der Waals surface area contributed by atoms with Crippen molar-refractivity contribution >= 4 is 6.16 Å². The number of hydrogen-bond donors (Lipinski definition) is 0. The number of rotatable bonds is 10. The molecule has 0 spiro atoms. The van der Waals surface area contributed by atoms with Gasteiger partial charge in [0, 0.05) is 0 Å². The lowest BCUT2D eigenvalue weighted by atomic mass is 9.95. The Morgan fingerprint density at radius 2 is 1.21 bits per heavy atom. The van der Waals surface area contributed by atoms with Gasteiger partial charge in [-0.3, -0.25) is 0 Å². The van der Waals surface area contributed by atoms with Crippen molar-refractivity contribution in [1.29, 1.82) is 21.0 Å². The van der Waals surface area contributed by atoms with E-state index in [9.17, 15) is 4.79 Å². The van der Waals surface area contributed by atoms with E-state index in [1.165, 1.54) is 0 Å². The molecule has 0 aliphatic rings. The molecule has 4 atom stereocenters. The summed E-state index contributed by atoms with van der Waals surface area (Å²) in [4.78, 5) is 11.5. The summed E-state index contributed by atoms with van der Waals surface area (Å²) in [7, 11) is 0. The third-order valence-corrected chi connectivity index (χ3v) is 3.39. The van der Waals surface area contributed by atoms with Crippen LogP contribution >= 0.6 is 0 Å². The van der Waals surface area contributed by atoms with Crippen LogP contribution in [0.3, 0.4) is 0 Å². The molecule has 0 aromatic rings. The zero-order chi connectivity index (χ0) is 18.4. The lowest BCUT2D eigenvalue weighted by Gasteiger charge is -2.16. The summed E-state index contributed by atoms with van der Waals surface area (Å²) >= 11 is 0. The maximum atomic E-state index is 11.5. The lowest BCUT2D eigenvalue weighted by molar-refractivity contribution is 0.0344. The lowest BCUT2D eigenvalue weighted by Crippen LogP contribution is -2.18. The van der Waals surface area contributed by atoms with Crippen molar-refractivity contribution in [3.8, 4) is 24.3 Å². The van der Waals surface area contributed by atoms with Crippen LogP contribution in [-0.4, -0.2) is 19.4 Å². The maximum Gasteiger partial charge on any atom is 0.508 e. The topological polar surface area (TPSA) is 131 Å². The summed E-state index contributed by atoms with van der Waals surface area (Å²) in [6.07, 6.45) is 0.477. The fourth-order valence-corrected chi connectivity index (χ4v) is 2.15. The molecule has 0 N–H and O–H groups in total. The van der Waals surface area contributed by atoms with Gasteiger partial charge in [-0.25, -0.2) is 4.79 Å². The van der Waals surface area contributed by atoms with Crippen LogP contribution in [0.15, 0.2) is 0 Å². The summed E-state index contributed by atoms with van der Waals surface area (Å²) in [5, 5.41) is 34.9. The van der Waals surface area contributed by atoms with Crippen molar-refractivity contribution in [2.75, 3.05) is 13.2 Å². The SMILES string of the molecule is CC(COC(=O)OCC(C)CC(C#N)CC#N)CC(C#N)CC#N. The van der Waals surface area contributed by atoms with Gasteiger partial charge in [0.2, 0.25) is 0 Å². The van der Waals surface area contributed by atoms with E-state index in [-0.39, 0.29) is 49.7 Å². The average molecular weight is 330 g/mol. The molecule has 0 radical (unpaired) electrons. The van der Waals surface area contributed by atoms with Crippen molar-refractivity contribution in [2.24, 2.45) is 23.7 Å². The Labute approximate surface area is 143 Å². The first-order valence-electron chi connectivity index (χ1n) is 7.79. The molecule has 7 heteroatoms. The summed E-state index contributed by atoms with van der Waals surface area (Å²) in [5.74, 6) is -0.835. The second-order valence-electron chi connectivity index (χ2n) is 5.93. The van der Waals surface area contributed by atoms with E-state index in [4.69, 9.17) is 30.5 Å². The van der Waals surface area contributed by atoms with Gasteiger partial charge in [0.05, 0.1) is 62.2 Å². The van der Waals surface area contributed by atoms with Gasteiger partial charge < -0.3 is 9.47 Å². The summed E-state index contributed by atoms with van der Waals surface area (Å²) < 4.78 is 9.97. The van der Waals surface area contributed by atoms with Crippen LogP contribution in [0.2, 0.25) is 0 Å². The maximum absolute atomic E-state index is 11.5. The largest absolute Gasteiger partial charge is 0.508 e. The molecule has 128 valence electrons. The standard InChI is InChI=1S/C17H22N4O3/c1-13(7-15(9-20)3-5-18)11-23-17(22)24-12-14(2)8-16(10-21)4-6-19/h13-16H,3-4,7-8,11-12H2,1-2H3. The van der Waals surface area contributed by atoms with Crippen LogP contribution in [0.4, 0.5) is 4.79 Å². The first kappa shape index (κ1) is 21.2. The molecule has 0 amide bonds. The molecular weight excluding hydrogens is 308 g/mol. The van der Waals surface area contributed by atoms with Gasteiger partial charge in [-0.1, -0.05) is 13.8 Å². The van der Waals surface area contributed by atoms with E-state index in [0.29, 0.717) is 12.8 Å². The monoisotopic (exact) mass is 330 g/mol. The van der Waals surface area contributed by atoms with E-state index in [0.717, 1.165) is 0 Å². The highest BCUT2D eigenvalue weighted by molar-refractivity contribution is 5.59. The molecule has 0 fully saturated rings. The number of nitriles is 4. The molecule has 0 aliphatic carbocycles. The molecular formula is C17H22N4O3. The second-order valence-corrected chi connectivity index (χ2v) is 5.93. The molecule has 0 aromatic carbocycles. The van der Waals surface area contributed by atoms with Gasteiger partial charge in [0.25, 0.3) is 0 Å².